The molecule has 3 heterocycles. The van der Waals surface area contributed by atoms with Crippen molar-refractivity contribution in [3.05, 3.63) is 76.6 Å². The monoisotopic (exact) mass is 416 g/mol. The van der Waals surface area contributed by atoms with Gasteiger partial charge in [0, 0.05) is 24.4 Å². The molecule has 2 aliphatic rings. The number of hydrogen-bond donors (Lipinski definition) is 1. The second kappa shape index (κ2) is 8.43. The van der Waals surface area contributed by atoms with Gasteiger partial charge in [-0.25, -0.2) is 4.98 Å². The van der Waals surface area contributed by atoms with E-state index in [0.717, 1.165) is 37.8 Å². The van der Waals surface area contributed by atoms with Crippen LogP contribution >= 0.6 is 0 Å². The lowest BCUT2D eigenvalue weighted by molar-refractivity contribution is 0.0114. The van der Waals surface area contributed by atoms with Crippen molar-refractivity contribution in [1.82, 2.24) is 15.0 Å². The number of carbonyl (C=O) groups is 1. The van der Waals surface area contributed by atoms with Gasteiger partial charge in [-0.2, -0.15) is 0 Å². The lowest BCUT2D eigenvalue weighted by Crippen LogP contribution is -2.36. The third-order valence-electron chi connectivity index (χ3n) is 5.75. The fraction of sp³-hybridized carbons (Fsp3) is 0.333. The van der Waals surface area contributed by atoms with Crippen LogP contribution in [-0.4, -0.2) is 33.5 Å². The zero-order valence-electron chi connectivity index (χ0n) is 17.2. The first-order valence-electron chi connectivity index (χ1n) is 10.8. The molecule has 1 amide bonds. The third-order valence-corrected chi connectivity index (χ3v) is 5.75. The molecule has 158 valence electrons. The van der Waals surface area contributed by atoms with Gasteiger partial charge in [0.15, 0.2) is 5.69 Å². The number of nitrogens with zero attached hydrogens (tertiary/aromatic N) is 3. The Morgan fingerprint density at radius 2 is 1.90 bits per heavy atom. The van der Waals surface area contributed by atoms with E-state index in [2.05, 4.69) is 15.0 Å². The second-order valence-corrected chi connectivity index (χ2v) is 8.02. The molecule has 1 unspecified atom stereocenters. The molecule has 1 saturated heterocycles. The van der Waals surface area contributed by atoms with E-state index < -0.39 is 0 Å². The molecule has 3 aromatic rings. The summed E-state index contributed by atoms with van der Waals surface area (Å²) >= 11 is 0. The summed E-state index contributed by atoms with van der Waals surface area (Å²) in [6, 6.07) is 13.0. The van der Waals surface area contributed by atoms with Crippen LogP contribution in [0.2, 0.25) is 0 Å². The Bertz CT molecular complexity index is 1120. The minimum absolute atomic E-state index is 0.116. The normalized spacial score (nSPS) is 18.5. The van der Waals surface area contributed by atoms with E-state index in [4.69, 9.17) is 4.74 Å². The van der Waals surface area contributed by atoms with E-state index in [1.54, 1.807) is 17.3 Å². The van der Waals surface area contributed by atoms with Gasteiger partial charge in [0.25, 0.3) is 11.5 Å². The summed E-state index contributed by atoms with van der Waals surface area (Å²) in [5.41, 5.74) is 2.06. The predicted octanol–water partition coefficient (Wildman–Crippen LogP) is 3.88. The number of aromatic amines is 1. The van der Waals surface area contributed by atoms with E-state index in [1.165, 1.54) is 0 Å². The van der Waals surface area contributed by atoms with E-state index in [0.29, 0.717) is 17.9 Å². The second-order valence-electron chi connectivity index (χ2n) is 8.02. The van der Waals surface area contributed by atoms with Crippen LogP contribution in [0.4, 0.5) is 5.69 Å². The Hall–Kier alpha value is -3.32. The highest BCUT2D eigenvalue weighted by Gasteiger charge is 2.37. The molecule has 1 saturated carbocycles. The molecular formula is C24H24N4O3. The van der Waals surface area contributed by atoms with Crippen LogP contribution in [-0.2, 0) is 4.74 Å². The first-order chi connectivity index (χ1) is 15.2. The zero-order chi connectivity index (χ0) is 21.2. The number of anilines is 1. The molecule has 5 rings (SSSR count). The van der Waals surface area contributed by atoms with Crippen LogP contribution in [0.15, 0.2) is 59.7 Å². The van der Waals surface area contributed by atoms with Gasteiger partial charge in [-0.05, 0) is 44.2 Å². The molecule has 1 aliphatic carbocycles. The van der Waals surface area contributed by atoms with Crippen molar-refractivity contribution in [2.75, 3.05) is 11.5 Å². The lowest BCUT2D eigenvalue weighted by Gasteiger charge is -2.27. The average molecular weight is 416 g/mol. The molecular weight excluding hydrogens is 392 g/mol. The highest BCUT2D eigenvalue weighted by Crippen LogP contribution is 2.35. The molecule has 0 bridgehead atoms. The van der Waals surface area contributed by atoms with Crippen molar-refractivity contribution in [3.8, 4) is 11.3 Å². The van der Waals surface area contributed by atoms with Crippen LogP contribution in [0.1, 0.15) is 54.4 Å². The van der Waals surface area contributed by atoms with E-state index in [9.17, 15) is 9.59 Å². The summed E-state index contributed by atoms with van der Waals surface area (Å²) in [4.78, 5) is 40.3. The molecule has 0 radical (unpaired) electrons. The molecule has 31 heavy (non-hydrogen) atoms. The van der Waals surface area contributed by atoms with Crippen LogP contribution in [0, 0.1) is 0 Å². The highest BCUT2D eigenvalue weighted by atomic mass is 16.5. The van der Waals surface area contributed by atoms with Gasteiger partial charge in [-0.3, -0.25) is 14.6 Å². The number of pyridine rings is 1. The van der Waals surface area contributed by atoms with Crippen molar-refractivity contribution in [2.45, 2.75) is 44.2 Å². The number of amides is 1. The summed E-state index contributed by atoms with van der Waals surface area (Å²) < 4.78 is 5.92. The Kier molecular flexibility index (Phi) is 5.34. The van der Waals surface area contributed by atoms with Gasteiger partial charge in [-0.15, -0.1) is 0 Å². The van der Waals surface area contributed by atoms with Crippen molar-refractivity contribution >= 4 is 11.6 Å². The molecule has 2 fully saturated rings. The fourth-order valence-corrected chi connectivity index (χ4v) is 4.06. The molecule has 7 nitrogen and oxygen atoms in total. The molecule has 2 aromatic heterocycles. The van der Waals surface area contributed by atoms with Gasteiger partial charge in [-0.1, -0.05) is 30.3 Å². The first-order valence-corrected chi connectivity index (χ1v) is 10.8. The summed E-state index contributed by atoms with van der Waals surface area (Å²) in [6.07, 6.45) is 7.61. The predicted molar refractivity (Wildman–Crippen MR) is 117 cm³/mol. The largest absolute Gasteiger partial charge is 0.372 e. The quantitative estimate of drug-likeness (QED) is 0.682. The van der Waals surface area contributed by atoms with E-state index >= 15 is 0 Å². The SMILES string of the molecule is O=C(c1nc(-c2ccccc2)c(=O)[nH]c1C1CCCCO1)N(c1cccnc1)C1CC1. The lowest BCUT2D eigenvalue weighted by atomic mass is 10.0. The number of hydrogen-bond acceptors (Lipinski definition) is 5. The Morgan fingerprint density at radius 1 is 1.06 bits per heavy atom. The van der Waals surface area contributed by atoms with E-state index in [1.807, 2.05) is 42.5 Å². The summed E-state index contributed by atoms with van der Waals surface area (Å²) in [5.74, 6) is -0.229. The number of benzene rings is 1. The summed E-state index contributed by atoms with van der Waals surface area (Å²) in [5, 5.41) is 0. The number of carbonyl (C=O) groups excluding carboxylic acids is 1. The molecule has 1 atom stereocenters. The number of H-pyrrole nitrogens is 1. The Morgan fingerprint density at radius 3 is 2.58 bits per heavy atom. The van der Waals surface area contributed by atoms with E-state index in [-0.39, 0.29) is 35.0 Å². The number of ether oxygens (including phenoxy) is 1. The highest BCUT2D eigenvalue weighted by molar-refractivity contribution is 6.06. The maximum atomic E-state index is 13.8. The third kappa shape index (κ3) is 4.01. The maximum Gasteiger partial charge on any atom is 0.279 e. The molecule has 1 N–H and O–H groups in total. The van der Waals surface area contributed by atoms with Gasteiger partial charge in [0.2, 0.25) is 0 Å². The zero-order valence-corrected chi connectivity index (χ0v) is 17.2. The van der Waals surface area contributed by atoms with Crippen molar-refractivity contribution < 1.29 is 9.53 Å². The van der Waals surface area contributed by atoms with Crippen LogP contribution in [0.3, 0.4) is 0 Å². The van der Waals surface area contributed by atoms with Gasteiger partial charge in [0.1, 0.15) is 5.69 Å². The Labute approximate surface area is 180 Å². The molecule has 7 heteroatoms. The van der Waals surface area contributed by atoms with Crippen molar-refractivity contribution in [2.24, 2.45) is 0 Å². The minimum atomic E-state index is -0.340. The van der Waals surface area contributed by atoms with Gasteiger partial charge >= 0.3 is 0 Å². The molecule has 0 spiro atoms. The standard InChI is InChI=1S/C24H24N4O3/c29-23-20(16-7-2-1-3-8-16)26-22(21(27-23)19-10-4-5-14-31-19)24(30)28(17-11-12-17)18-9-6-13-25-15-18/h1-3,6-9,13,15,17,19H,4-5,10-12,14H2,(H,27,29). The van der Waals surface area contributed by atoms with Gasteiger partial charge in [0.05, 0.1) is 23.7 Å². The van der Waals surface area contributed by atoms with Gasteiger partial charge < -0.3 is 14.6 Å². The maximum absolute atomic E-state index is 13.8. The number of rotatable bonds is 5. The Balaban J connectivity index is 1.64. The van der Waals surface area contributed by atoms with Crippen LogP contribution in [0.5, 0.6) is 0 Å². The fourth-order valence-electron chi connectivity index (χ4n) is 4.06. The number of nitrogens with one attached hydrogen (secondary N) is 1. The minimum Gasteiger partial charge on any atom is -0.372 e. The average Bonchev–Trinajstić information content (AvgIpc) is 3.66. The first kappa shape index (κ1) is 19.6. The smallest absolute Gasteiger partial charge is 0.279 e. The topological polar surface area (TPSA) is 88.2 Å². The van der Waals surface area contributed by atoms with Crippen LogP contribution < -0.4 is 10.5 Å². The number of aromatic nitrogens is 3. The summed E-state index contributed by atoms with van der Waals surface area (Å²) in [7, 11) is 0. The van der Waals surface area contributed by atoms with Crippen LogP contribution in [0.25, 0.3) is 11.3 Å². The molecule has 1 aliphatic heterocycles. The summed E-state index contributed by atoms with van der Waals surface area (Å²) in [6.45, 7) is 0.607. The molecule has 1 aromatic carbocycles. The van der Waals surface area contributed by atoms with Crippen molar-refractivity contribution in [3.63, 3.8) is 0 Å². The van der Waals surface area contributed by atoms with Crippen molar-refractivity contribution in [1.29, 1.82) is 0 Å².